The van der Waals surface area contributed by atoms with Crippen LogP contribution in [0.5, 0.6) is 0 Å². The number of nitrogen functional groups attached to an aromatic ring is 1. The van der Waals surface area contributed by atoms with Gasteiger partial charge in [0.2, 0.25) is 0 Å². The summed E-state index contributed by atoms with van der Waals surface area (Å²) in [6.07, 6.45) is 0. The Hall–Kier alpha value is -0.960. The summed E-state index contributed by atoms with van der Waals surface area (Å²) < 4.78 is 0. The van der Waals surface area contributed by atoms with Crippen molar-refractivity contribution in [2.75, 3.05) is 11.5 Å². The van der Waals surface area contributed by atoms with Crippen LogP contribution in [0.25, 0.3) is 0 Å². The van der Waals surface area contributed by atoms with E-state index in [1.165, 1.54) is 0 Å². The van der Waals surface area contributed by atoms with Gasteiger partial charge in [0.15, 0.2) is 5.78 Å². The Bertz CT molecular complexity index is 361. The van der Waals surface area contributed by atoms with Crippen LogP contribution in [0.3, 0.4) is 0 Å². The molecule has 0 fully saturated rings. The smallest absolute Gasteiger partial charge is 0.161 e. The molecule has 0 radical (unpaired) electrons. The van der Waals surface area contributed by atoms with Crippen LogP contribution in [-0.4, -0.2) is 11.5 Å². The van der Waals surface area contributed by atoms with Gasteiger partial charge in [-0.25, -0.2) is 0 Å². The molecular formula is C12H17NOS. The maximum atomic E-state index is 11.3. The van der Waals surface area contributed by atoms with Gasteiger partial charge in [0.1, 0.15) is 0 Å². The zero-order valence-corrected chi connectivity index (χ0v) is 10.2. The first kappa shape index (κ1) is 12.1. The molecule has 3 heteroatoms. The van der Waals surface area contributed by atoms with E-state index in [9.17, 15) is 4.79 Å². The second-order valence-electron chi connectivity index (χ2n) is 4.01. The number of nitrogens with two attached hydrogens (primary N) is 1. The first-order chi connectivity index (χ1) is 7.00. The van der Waals surface area contributed by atoms with Crippen LogP contribution in [0.1, 0.15) is 31.1 Å². The van der Waals surface area contributed by atoms with Crippen LogP contribution in [0.15, 0.2) is 23.1 Å². The molecule has 0 aromatic heterocycles. The van der Waals surface area contributed by atoms with E-state index in [2.05, 4.69) is 13.8 Å². The summed E-state index contributed by atoms with van der Waals surface area (Å²) in [5, 5.41) is 0. The molecule has 0 saturated heterocycles. The van der Waals surface area contributed by atoms with Crippen LogP contribution in [0, 0.1) is 5.92 Å². The molecule has 1 rings (SSSR count). The Morgan fingerprint density at radius 3 is 2.67 bits per heavy atom. The molecule has 0 aliphatic rings. The van der Waals surface area contributed by atoms with Gasteiger partial charge in [0, 0.05) is 21.9 Å². The van der Waals surface area contributed by atoms with Crippen LogP contribution in [-0.2, 0) is 0 Å². The van der Waals surface area contributed by atoms with Crippen molar-refractivity contribution in [3.63, 3.8) is 0 Å². The Kier molecular flexibility index (Phi) is 4.21. The van der Waals surface area contributed by atoms with E-state index < -0.39 is 0 Å². The predicted molar refractivity (Wildman–Crippen MR) is 66.4 cm³/mol. The fraction of sp³-hybridized carbons (Fsp3) is 0.417. The highest BCUT2D eigenvalue weighted by atomic mass is 32.2. The van der Waals surface area contributed by atoms with Crippen LogP contribution >= 0.6 is 11.8 Å². The summed E-state index contributed by atoms with van der Waals surface area (Å²) in [6.45, 7) is 5.90. The van der Waals surface area contributed by atoms with Gasteiger partial charge < -0.3 is 5.73 Å². The second kappa shape index (κ2) is 5.21. The first-order valence-electron chi connectivity index (χ1n) is 5.04. The average Bonchev–Trinajstić information content (AvgIpc) is 2.16. The summed E-state index contributed by atoms with van der Waals surface area (Å²) >= 11 is 1.76. The topological polar surface area (TPSA) is 43.1 Å². The number of rotatable bonds is 4. The van der Waals surface area contributed by atoms with Crippen molar-refractivity contribution >= 4 is 23.2 Å². The van der Waals surface area contributed by atoms with Crippen molar-refractivity contribution in [1.29, 1.82) is 0 Å². The molecule has 0 atom stereocenters. The van der Waals surface area contributed by atoms with Gasteiger partial charge >= 0.3 is 0 Å². The summed E-state index contributed by atoms with van der Waals surface area (Å²) in [4.78, 5) is 12.4. The lowest BCUT2D eigenvalue weighted by molar-refractivity contribution is 0.101. The first-order valence-corrected chi connectivity index (χ1v) is 6.02. The number of anilines is 1. The van der Waals surface area contributed by atoms with Gasteiger partial charge in [-0.15, -0.1) is 11.8 Å². The van der Waals surface area contributed by atoms with E-state index >= 15 is 0 Å². The van der Waals surface area contributed by atoms with E-state index in [0.29, 0.717) is 17.2 Å². The Balaban J connectivity index is 2.83. The number of hydrogen-bond donors (Lipinski definition) is 1. The van der Waals surface area contributed by atoms with Crippen molar-refractivity contribution in [2.45, 2.75) is 25.7 Å². The number of benzene rings is 1. The maximum absolute atomic E-state index is 11.3. The van der Waals surface area contributed by atoms with Crippen molar-refractivity contribution in [1.82, 2.24) is 0 Å². The highest BCUT2D eigenvalue weighted by molar-refractivity contribution is 7.99. The molecule has 0 spiro atoms. The van der Waals surface area contributed by atoms with Gasteiger partial charge in [0.05, 0.1) is 0 Å². The largest absolute Gasteiger partial charge is 0.398 e. The van der Waals surface area contributed by atoms with Crippen LogP contribution < -0.4 is 5.73 Å². The number of ketones is 1. The molecule has 0 aliphatic heterocycles. The maximum Gasteiger partial charge on any atom is 0.161 e. The summed E-state index contributed by atoms with van der Waals surface area (Å²) in [5.74, 6) is 1.73. The lowest BCUT2D eigenvalue weighted by Crippen LogP contribution is -1.99. The minimum atomic E-state index is 0.0273. The Morgan fingerprint density at radius 1 is 1.47 bits per heavy atom. The van der Waals surface area contributed by atoms with Crippen LogP contribution in [0.2, 0.25) is 0 Å². The lowest BCUT2D eigenvalue weighted by atomic mass is 10.1. The van der Waals surface area contributed by atoms with E-state index in [0.717, 1.165) is 10.6 Å². The number of thioether (sulfide) groups is 1. The van der Waals surface area contributed by atoms with Gasteiger partial charge in [-0.2, -0.15) is 0 Å². The summed E-state index contributed by atoms with van der Waals surface area (Å²) in [6, 6.07) is 5.65. The lowest BCUT2D eigenvalue weighted by Gasteiger charge is -2.07. The average molecular weight is 223 g/mol. The second-order valence-corrected chi connectivity index (χ2v) is 5.10. The van der Waals surface area contributed by atoms with Crippen molar-refractivity contribution < 1.29 is 4.79 Å². The van der Waals surface area contributed by atoms with E-state index in [1.54, 1.807) is 24.8 Å². The van der Waals surface area contributed by atoms with Crippen molar-refractivity contribution in [2.24, 2.45) is 5.92 Å². The third-order valence-corrected chi connectivity index (χ3v) is 3.41. The fourth-order valence-electron chi connectivity index (χ4n) is 1.19. The monoisotopic (exact) mass is 223 g/mol. The third-order valence-electron chi connectivity index (χ3n) is 1.99. The normalized spacial score (nSPS) is 10.7. The molecule has 0 heterocycles. The molecule has 0 aliphatic carbocycles. The number of hydrogen-bond acceptors (Lipinski definition) is 3. The summed E-state index contributed by atoms with van der Waals surface area (Å²) in [7, 11) is 0. The van der Waals surface area contributed by atoms with E-state index in [1.807, 2.05) is 12.1 Å². The molecule has 0 bridgehead atoms. The standard InChI is InChI=1S/C12H17NOS/c1-8(2)7-15-10-4-5-12(13)11(6-10)9(3)14/h4-6,8H,7,13H2,1-3H3. The van der Waals surface area contributed by atoms with Gasteiger partial charge in [-0.05, 0) is 31.0 Å². The zero-order valence-electron chi connectivity index (χ0n) is 9.41. The van der Waals surface area contributed by atoms with Crippen LogP contribution in [0.4, 0.5) is 5.69 Å². The van der Waals surface area contributed by atoms with Crippen molar-refractivity contribution in [3.8, 4) is 0 Å². The molecular weight excluding hydrogens is 206 g/mol. The molecule has 82 valence electrons. The van der Waals surface area contributed by atoms with Gasteiger partial charge in [-0.1, -0.05) is 13.8 Å². The predicted octanol–water partition coefficient (Wildman–Crippen LogP) is 3.22. The highest BCUT2D eigenvalue weighted by Crippen LogP contribution is 2.24. The third kappa shape index (κ3) is 3.59. The Labute approximate surface area is 95.2 Å². The fourth-order valence-corrected chi connectivity index (χ4v) is 2.08. The minimum absolute atomic E-state index is 0.0273. The molecule has 0 amide bonds. The number of carbonyl (C=O) groups excluding carboxylic acids is 1. The van der Waals surface area contributed by atoms with E-state index in [-0.39, 0.29) is 5.78 Å². The quantitative estimate of drug-likeness (QED) is 0.484. The zero-order chi connectivity index (χ0) is 11.4. The van der Waals surface area contributed by atoms with Gasteiger partial charge in [0.25, 0.3) is 0 Å². The number of Topliss-reactive ketones (excluding diaryl/α,β-unsaturated/α-hetero) is 1. The highest BCUT2D eigenvalue weighted by Gasteiger charge is 2.06. The molecule has 0 saturated carbocycles. The summed E-state index contributed by atoms with van der Waals surface area (Å²) in [5.41, 5.74) is 6.91. The molecule has 1 aromatic rings. The molecule has 2 N–H and O–H groups in total. The molecule has 1 aromatic carbocycles. The molecule has 2 nitrogen and oxygen atoms in total. The minimum Gasteiger partial charge on any atom is -0.398 e. The van der Waals surface area contributed by atoms with E-state index in [4.69, 9.17) is 5.73 Å². The van der Waals surface area contributed by atoms with Gasteiger partial charge in [-0.3, -0.25) is 4.79 Å². The SMILES string of the molecule is CC(=O)c1cc(SCC(C)C)ccc1N. The molecule has 15 heavy (non-hydrogen) atoms. The Morgan fingerprint density at radius 2 is 2.13 bits per heavy atom. The van der Waals surface area contributed by atoms with Crippen molar-refractivity contribution in [3.05, 3.63) is 23.8 Å². The number of carbonyl (C=O) groups is 1. The molecule has 0 unspecified atom stereocenters.